The molecule has 28 heavy (non-hydrogen) atoms. The number of aromatic hydroxyl groups is 1. The first-order valence-electron chi connectivity index (χ1n) is 8.96. The van der Waals surface area contributed by atoms with E-state index in [1.165, 1.54) is 0 Å². The summed E-state index contributed by atoms with van der Waals surface area (Å²) in [6.45, 7) is 1.87. The van der Waals surface area contributed by atoms with Gasteiger partial charge in [0.05, 0.1) is 0 Å². The summed E-state index contributed by atoms with van der Waals surface area (Å²) < 4.78 is 0. The number of fused-ring (bicyclic) bond motifs is 1. The van der Waals surface area contributed by atoms with E-state index in [0.29, 0.717) is 21.8 Å². The molecule has 4 nitrogen and oxygen atoms in total. The summed E-state index contributed by atoms with van der Waals surface area (Å²) in [5.41, 5.74) is 4.26. The van der Waals surface area contributed by atoms with Crippen molar-refractivity contribution in [3.05, 3.63) is 100 Å². The van der Waals surface area contributed by atoms with Crippen molar-refractivity contribution < 1.29 is 9.90 Å². The number of hydrogen-bond donors (Lipinski definition) is 3. The third-order valence-electron chi connectivity index (χ3n) is 4.84. The van der Waals surface area contributed by atoms with E-state index in [-0.39, 0.29) is 11.7 Å². The molecule has 0 saturated heterocycles. The number of anilines is 2. The summed E-state index contributed by atoms with van der Waals surface area (Å²) in [5.74, 6) is -0.539. The number of phenols is 1. The van der Waals surface area contributed by atoms with Gasteiger partial charge in [-0.2, -0.15) is 0 Å². The number of amides is 1. The van der Waals surface area contributed by atoms with E-state index in [1.54, 1.807) is 18.2 Å². The summed E-state index contributed by atoms with van der Waals surface area (Å²) in [7, 11) is 0. The lowest BCUT2D eigenvalue weighted by atomic mass is 9.80. The average Bonchev–Trinajstić information content (AvgIpc) is 2.68. The van der Waals surface area contributed by atoms with Crippen LogP contribution in [0.2, 0.25) is 5.02 Å². The Morgan fingerprint density at radius 1 is 1.04 bits per heavy atom. The van der Waals surface area contributed by atoms with E-state index in [1.807, 2.05) is 61.5 Å². The molecule has 1 heterocycles. The van der Waals surface area contributed by atoms with Crippen molar-refractivity contribution in [3.8, 4) is 5.75 Å². The van der Waals surface area contributed by atoms with Crippen LogP contribution in [0.4, 0.5) is 11.4 Å². The molecule has 0 aromatic heterocycles. The van der Waals surface area contributed by atoms with Crippen LogP contribution < -0.4 is 10.6 Å². The van der Waals surface area contributed by atoms with Crippen molar-refractivity contribution in [1.29, 1.82) is 0 Å². The van der Waals surface area contributed by atoms with Gasteiger partial charge in [-0.1, -0.05) is 48.0 Å². The van der Waals surface area contributed by atoms with Gasteiger partial charge in [-0.25, -0.2) is 0 Å². The van der Waals surface area contributed by atoms with Crippen molar-refractivity contribution in [3.63, 3.8) is 0 Å². The molecule has 4 rings (SSSR count). The molecule has 0 radical (unpaired) electrons. The molecule has 0 fully saturated rings. The zero-order valence-electron chi connectivity index (χ0n) is 15.2. The molecule has 1 aliphatic heterocycles. The van der Waals surface area contributed by atoms with Crippen LogP contribution >= 0.6 is 11.6 Å². The molecular formula is C23H19ClN2O2. The molecule has 1 aliphatic rings. The summed E-state index contributed by atoms with van der Waals surface area (Å²) in [4.78, 5) is 13.2. The van der Waals surface area contributed by atoms with Crippen LogP contribution in [-0.4, -0.2) is 11.0 Å². The van der Waals surface area contributed by atoms with Crippen LogP contribution in [0.1, 0.15) is 24.0 Å². The number of para-hydroxylation sites is 1. The van der Waals surface area contributed by atoms with E-state index in [2.05, 4.69) is 10.6 Å². The molecule has 5 heteroatoms. The Morgan fingerprint density at radius 2 is 1.79 bits per heavy atom. The van der Waals surface area contributed by atoms with E-state index >= 15 is 0 Å². The molecule has 0 aliphatic carbocycles. The quantitative estimate of drug-likeness (QED) is 0.552. The SMILES string of the molecule is CC1=C(C(=O)Nc2ccccc2)C(c2cccc(Cl)c2)c2c(O)cccc2N1. The fraction of sp³-hybridized carbons (Fsp3) is 0.0870. The molecule has 3 N–H and O–H groups in total. The zero-order valence-corrected chi connectivity index (χ0v) is 16.0. The van der Waals surface area contributed by atoms with Crippen molar-refractivity contribution >= 4 is 28.9 Å². The van der Waals surface area contributed by atoms with Gasteiger partial charge in [-0.15, -0.1) is 0 Å². The van der Waals surface area contributed by atoms with Crippen LogP contribution in [-0.2, 0) is 4.79 Å². The molecule has 3 aromatic carbocycles. The molecule has 0 saturated carbocycles. The lowest BCUT2D eigenvalue weighted by Crippen LogP contribution is -2.27. The number of halogens is 1. The van der Waals surface area contributed by atoms with Gasteiger partial charge in [0.25, 0.3) is 5.91 Å². The maximum atomic E-state index is 13.2. The second-order valence-corrected chi connectivity index (χ2v) is 7.15. The van der Waals surface area contributed by atoms with Crippen LogP contribution in [0, 0.1) is 0 Å². The van der Waals surface area contributed by atoms with E-state index in [4.69, 9.17) is 11.6 Å². The number of carbonyl (C=O) groups excluding carboxylic acids is 1. The second kappa shape index (κ2) is 7.41. The maximum absolute atomic E-state index is 13.2. The monoisotopic (exact) mass is 390 g/mol. The van der Waals surface area contributed by atoms with Gasteiger partial charge in [0.1, 0.15) is 5.75 Å². The summed E-state index contributed by atoms with van der Waals surface area (Å²) in [6, 6.07) is 22.0. The molecule has 1 unspecified atom stereocenters. The molecule has 1 atom stereocenters. The first-order valence-corrected chi connectivity index (χ1v) is 9.34. The highest BCUT2D eigenvalue weighted by atomic mass is 35.5. The molecule has 140 valence electrons. The first-order chi connectivity index (χ1) is 13.5. The normalized spacial score (nSPS) is 15.6. The molecular weight excluding hydrogens is 372 g/mol. The van der Waals surface area contributed by atoms with E-state index in [0.717, 1.165) is 16.9 Å². The van der Waals surface area contributed by atoms with Crippen molar-refractivity contribution in [1.82, 2.24) is 0 Å². The van der Waals surface area contributed by atoms with Crippen molar-refractivity contribution in [2.24, 2.45) is 0 Å². The highest BCUT2D eigenvalue weighted by molar-refractivity contribution is 6.30. The van der Waals surface area contributed by atoms with Crippen molar-refractivity contribution in [2.45, 2.75) is 12.8 Å². The van der Waals surface area contributed by atoms with Gasteiger partial charge < -0.3 is 15.7 Å². The van der Waals surface area contributed by atoms with Gasteiger partial charge in [-0.3, -0.25) is 4.79 Å². The average molecular weight is 391 g/mol. The summed E-state index contributed by atoms with van der Waals surface area (Å²) in [5, 5.41) is 17.4. The Balaban J connectivity index is 1.85. The number of allylic oxidation sites excluding steroid dienone is 1. The second-order valence-electron chi connectivity index (χ2n) is 6.71. The third-order valence-corrected chi connectivity index (χ3v) is 5.08. The lowest BCUT2D eigenvalue weighted by molar-refractivity contribution is -0.113. The number of hydrogen-bond acceptors (Lipinski definition) is 3. The van der Waals surface area contributed by atoms with Crippen molar-refractivity contribution in [2.75, 3.05) is 10.6 Å². The first kappa shape index (κ1) is 18.1. The Bertz CT molecular complexity index is 1080. The van der Waals surface area contributed by atoms with Gasteiger partial charge in [0, 0.05) is 39.1 Å². The minimum absolute atomic E-state index is 0.132. The Kier molecular flexibility index (Phi) is 4.80. The molecule has 0 spiro atoms. The number of phenolic OH excluding ortho intramolecular Hbond substituents is 1. The fourth-order valence-electron chi connectivity index (χ4n) is 3.64. The van der Waals surface area contributed by atoms with Gasteiger partial charge in [0.15, 0.2) is 0 Å². The maximum Gasteiger partial charge on any atom is 0.254 e. The summed E-state index contributed by atoms with van der Waals surface area (Å²) in [6.07, 6.45) is 0. The lowest BCUT2D eigenvalue weighted by Gasteiger charge is -2.31. The molecule has 3 aromatic rings. The topological polar surface area (TPSA) is 61.4 Å². The van der Waals surface area contributed by atoms with Crippen LogP contribution in [0.3, 0.4) is 0 Å². The van der Waals surface area contributed by atoms with Crippen LogP contribution in [0.5, 0.6) is 5.75 Å². The third kappa shape index (κ3) is 3.35. The zero-order chi connectivity index (χ0) is 19.7. The van der Waals surface area contributed by atoms with Gasteiger partial charge >= 0.3 is 0 Å². The fourth-order valence-corrected chi connectivity index (χ4v) is 3.84. The van der Waals surface area contributed by atoms with E-state index < -0.39 is 5.92 Å². The number of benzene rings is 3. The predicted octanol–water partition coefficient (Wildman–Crippen LogP) is 5.52. The standard InChI is InChI=1S/C23H19ClN2O2/c1-14-20(23(28)26-17-9-3-2-4-10-17)21(15-7-5-8-16(24)13-15)22-18(25-14)11-6-12-19(22)27/h2-13,21,25,27H,1H3,(H,26,28). The number of rotatable bonds is 3. The Morgan fingerprint density at radius 3 is 2.54 bits per heavy atom. The minimum Gasteiger partial charge on any atom is -0.508 e. The van der Waals surface area contributed by atoms with E-state index in [9.17, 15) is 9.90 Å². The molecule has 1 amide bonds. The largest absolute Gasteiger partial charge is 0.508 e. The van der Waals surface area contributed by atoms with Gasteiger partial charge in [-0.05, 0) is 48.9 Å². The minimum atomic E-state index is -0.445. The number of carbonyl (C=O) groups is 1. The predicted molar refractivity (Wildman–Crippen MR) is 113 cm³/mol. The Hall–Kier alpha value is -3.24. The smallest absolute Gasteiger partial charge is 0.254 e. The summed E-state index contributed by atoms with van der Waals surface area (Å²) >= 11 is 6.23. The Labute approximate surface area is 168 Å². The number of nitrogens with one attached hydrogen (secondary N) is 2. The van der Waals surface area contributed by atoms with Gasteiger partial charge in [0.2, 0.25) is 0 Å². The highest BCUT2D eigenvalue weighted by Gasteiger charge is 2.34. The highest BCUT2D eigenvalue weighted by Crippen LogP contribution is 2.46. The van der Waals surface area contributed by atoms with Crippen LogP contribution in [0.15, 0.2) is 84.1 Å². The molecule has 0 bridgehead atoms. The van der Waals surface area contributed by atoms with Crippen LogP contribution in [0.25, 0.3) is 0 Å².